The Hall–Kier alpha value is -3.29. The van der Waals surface area contributed by atoms with Gasteiger partial charge in [-0.3, -0.25) is 9.29 Å². The molecule has 1 unspecified atom stereocenters. The molecule has 1 N–H and O–H groups in total. The third-order valence-corrected chi connectivity index (χ3v) is 7.75. The minimum absolute atomic E-state index is 0.0189. The van der Waals surface area contributed by atoms with Crippen molar-refractivity contribution in [1.29, 1.82) is 0 Å². The highest BCUT2D eigenvalue weighted by Gasteiger charge is 2.27. The number of aromatic carboxylic acids is 1. The zero-order chi connectivity index (χ0) is 27.5. The predicted octanol–water partition coefficient (Wildman–Crippen LogP) is 7.42. The Morgan fingerprint density at radius 1 is 1.05 bits per heavy atom. The Kier molecular flexibility index (Phi) is 8.29. The fourth-order valence-electron chi connectivity index (χ4n) is 5.60. The number of rotatable bonds is 8. The van der Waals surface area contributed by atoms with E-state index in [1.165, 1.54) is 18.2 Å². The molecule has 1 heterocycles. The molecule has 1 aliphatic carbocycles. The van der Waals surface area contributed by atoms with E-state index < -0.39 is 17.6 Å². The van der Waals surface area contributed by atoms with Crippen LogP contribution < -0.4 is 4.74 Å². The lowest BCUT2D eigenvalue weighted by Crippen LogP contribution is -2.26. The van der Waals surface area contributed by atoms with E-state index in [9.17, 15) is 18.7 Å². The van der Waals surface area contributed by atoms with E-state index in [1.54, 1.807) is 12.1 Å². The molecule has 204 valence electrons. The first-order chi connectivity index (χ1) is 18.9. The Morgan fingerprint density at radius 2 is 1.82 bits per heavy atom. The summed E-state index contributed by atoms with van der Waals surface area (Å²) in [5, 5.41) is 9.74. The smallest absolute Gasteiger partial charge is 0.338 e. The summed E-state index contributed by atoms with van der Waals surface area (Å²) in [6.07, 6.45) is 2.88. The molecule has 0 bridgehead atoms. The Morgan fingerprint density at radius 3 is 2.54 bits per heavy atom. The van der Waals surface area contributed by atoms with E-state index in [2.05, 4.69) is 4.90 Å². The molecule has 3 aromatic rings. The van der Waals surface area contributed by atoms with Crippen LogP contribution in [-0.2, 0) is 6.42 Å². The van der Waals surface area contributed by atoms with Crippen molar-refractivity contribution in [3.05, 3.63) is 99.1 Å². The van der Waals surface area contributed by atoms with Gasteiger partial charge in [-0.05, 0) is 95.8 Å². The zero-order valence-electron chi connectivity index (χ0n) is 21.4. The molecule has 0 saturated carbocycles. The van der Waals surface area contributed by atoms with Gasteiger partial charge in [-0.2, -0.15) is 0 Å². The van der Waals surface area contributed by atoms with Crippen LogP contribution in [0.2, 0.25) is 5.02 Å². The van der Waals surface area contributed by atoms with Crippen LogP contribution in [0.4, 0.5) is 13.2 Å². The quantitative estimate of drug-likeness (QED) is 0.314. The number of ether oxygens (including phenoxy) is 1. The van der Waals surface area contributed by atoms with Crippen molar-refractivity contribution in [2.45, 2.75) is 38.2 Å². The summed E-state index contributed by atoms with van der Waals surface area (Å²) in [5.74, 6) is -1.81. The van der Waals surface area contributed by atoms with Gasteiger partial charge in [0.25, 0.3) is 0 Å². The van der Waals surface area contributed by atoms with E-state index in [0.717, 1.165) is 42.8 Å². The summed E-state index contributed by atoms with van der Waals surface area (Å²) >= 11 is 6.49. The summed E-state index contributed by atoms with van der Waals surface area (Å²) in [7, 11) is 0. The molecule has 5 rings (SSSR count). The molecule has 0 amide bonds. The van der Waals surface area contributed by atoms with Gasteiger partial charge in [-0.1, -0.05) is 35.9 Å². The van der Waals surface area contributed by atoms with Crippen LogP contribution in [0.15, 0.2) is 54.6 Å². The van der Waals surface area contributed by atoms with Crippen molar-refractivity contribution in [1.82, 2.24) is 4.90 Å². The number of carboxylic acids is 1. The lowest BCUT2D eigenvalue weighted by Gasteiger charge is -2.19. The molecule has 3 aromatic carbocycles. The predicted molar refractivity (Wildman–Crippen MR) is 146 cm³/mol. The first kappa shape index (κ1) is 27.3. The highest BCUT2D eigenvalue weighted by molar-refractivity contribution is 6.32. The van der Waals surface area contributed by atoms with Crippen LogP contribution in [0.1, 0.15) is 58.3 Å². The molecule has 1 saturated heterocycles. The zero-order valence-corrected chi connectivity index (χ0v) is 22.1. The van der Waals surface area contributed by atoms with Crippen LogP contribution in [0.3, 0.4) is 0 Å². The lowest BCUT2D eigenvalue weighted by atomic mass is 9.87. The summed E-state index contributed by atoms with van der Waals surface area (Å²) in [4.78, 5) is 13.8. The molecule has 0 aromatic heterocycles. The minimum atomic E-state index is -1.32. The molecular weight excluding hydrogens is 527 g/mol. The van der Waals surface area contributed by atoms with E-state index >= 15 is 4.39 Å². The Labute approximate surface area is 230 Å². The molecule has 0 spiro atoms. The molecule has 2 aliphatic rings. The summed E-state index contributed by atoms with van der Waals surface area (Å²) in [6, 6.07) is 14.7. The number of benzene rings is 3. The maximum Gasteiger partial charge on any atom is 0.338 e. The minimum Gasteiger partial charge on any atom is -0.489 e. The van der Waals surface area contributed by atoms with Gasteiger partial charge >= 0.3 is 5.97 Å². The normalized spacial score (nSPS) is 17.7. The van der Waals surface area contributed by atoms with Crippen LogP contribution in [0.25, 0.3) is 11.1 Å². The van der Waals surface area contributed by atoms with Crippen molar-refractivity contribution >= 4 is 28.7 Å². The largest absolute Gasteiger partial charge is 0.489 e. The monoisotopic (exact) mass is 555 g/mol. The van der Waals surface area contributed by atoms with Crippen LogP contribution >= 0.6 is 11.6 Å². The second-order valence-corrected chi connectivity index (χ2v) is 10.4. The average Bonchev–Trinajstić information content (AvgIpc) is 3.26. The fraction of sp³-hybridized carbons (Fsp3) is 0.323. The highest BCUT2D eigenvalue weighted by atomic mass is 35.5. The third kappa shape index (κ3) is 5.85. The fourth-order valence-corrected chi connectivity index (χ4v) is 5.88. The second-order valence-electron chi connectivity index (χ2n) is 9.99. The summed E-state index contributed by atoms with van der Waals surface area (Å²) in [5.41, 5.74) is 3.60. The Balaban J connectivity index is 1.54. The van der Waals surface area contributed by atoms with E-state index in [1.807, 2.05) is 24.3 Å². The standard InChI is InChI=1S/C31H29ClF3NO3/c32-28-17-20(34)7-10-23(28)24-3-1-4-26-25(11-12-27(30(26)35)31(37)38)29(24)19-5-8-21(9-6-19)39-22-13-16-36(18-22)15-2-14-33/h5-12,17,22H,1-4,13-16,18H2,(H,37,38). The van der Waals surface area contributed by atoms with Crippen LogP contribution in [-0.4, -0.2) is 48.4 Å². The van der Waals surface area contributed by atoms with Crippen molar-refractivity contribution in [2.75, 3.05) is 26.3 Å². The van der Waals surface area contributed by atoms with Gasteiger partial charge in [0.05, 0.1) is 17.3 Å². The number of carbonyl (C=O) groups is 1. The van der Waals surface area contributed by atoms with E-state index in [-0.39, 0.29) is 23.4 Å². The number of hydrogen-bond acceptors (Lipinski definition) is 3. The number of halogens is 4. The van der Waals surface area contributed by atoms with Gasteiger partial charge in [-0.25, -0.2) is 13.6 Å². The van der Waals surface area contributed by atoms with Gasteiger partial charge < -0.3 is 9.84 Å². The van der Waals surface area contributed by atoms with E-state index in [0.29, 0.717) is 48.1 Å². The average molecular weight is 556 g/mol. The first-order valence-electron chi connectivity index (χ1n) is 13.1. The summed E-state index contributed by atoms with van der Waals surface area (Å²) in [6.45, 7) is 2.02. The lowest BCUT2D eigenvalue weighted by molar-refractivity contribution is 0.0691. The molecule has 1 fully saturated rings. The third-order valence-electron chi connectivity index (χ3n) is 7.44. The molecule has 1 atom stereocenters. The number of nitrogens with zero attached hydrogens (tertiary/aromatic N) is 1. The molecule has 4 nitrogen and oxygen atoms in total. The van der Waals surface area contributed by atoms with Crippen molar-refractivity contribution < 1.29 is 27.8 Å². The number of hydrogen-bond donors (Lipinski definition) is 1. The molecule has 0 radical (unpaired) electrons. The van der Waals surface area contributed by atoms with Gasteiger partial charge in [0.2, 0.25) is 0 Å². The van der Waals surface area contributed by atoms with Gasteiger partial charge in [0.1, 0.15) is 23.5 Å². The molecular formula is C31H29ClF3NO3. The SMILES string of the molecule is O=C(O)c1ccc2c(c1F)CCCC(c1ccc(F)cc1Cl)=C2c1ccc(OC2CCN(CCCF)C2)cc1. The topological polar surface area (TPSA) is 49.8 Å². The van der Waals surface area contributed by atoms with Crippen molar-refractivity contribution in [2.24, 2.45) is 0 Å². The number of alkyl halides is 1. The first-order valence-corrected chi connectivity index (χ1v) is 13.5. The number of carboxylic acid groups (broad SMARTS) is 1. The number of fused-ring (bicyclic) bond motifs is 1. The highest BCUT2D eigenvalue weighted by Crippen LogP contribution is 2.43. The van der Waals surface area contributed by atoms with Gasteiger partial charge in [0.15, 0.2) is 0 Å². The second kappa shape index (κ2) is 11.8. The van der Waals surface area contributed by atoms with Crippen molar-refractivity contribution in [3.63, 3.8) is 0 Å². The maximum absolute atomic E-state index is 15.4. The molecule has 8 heteroatoms. The van der Waals surface area contributed by atoms with Crippen molar-refractivity contribution in [3.8, 4) is 5.75 Å². The van der Waals surface area contributed by atoms with Gasteiger partial charge in [-0.15, -0.1) is 0 Å². The van der Waals surface area contributed by atoms with E-state index in [4.69, 9.17) is 16.3 Å². The molecule has 1 aliphatic heterocycles. The summed E-state index contributed by atoms with van der Waals surface area (Å²) < 4.78 is 48.0. The Bertz CT molecular complexity index is 1410. The number of allylic oxidation sites excluding steroid dienone is 1. The van der Waals surface area contributed by atoms with Crippen LogP contribution in [0.5, 0.6) is 5.75 Å². The number of likely N-dealkylation sites (tertiary alicyclic amines) is 1. The molecule has 39 heavy (non-hydrogen) atoms. The van der Waals surface area contributed by atoms with Gasteiger partial charge in [0, 0.05) is 19.6 Å². The van der Waals surface area contributed by atoms with Crippen LogP contribution in [0, 0.1) is 11.6 Å². The maximum atomic E-state index is 15.4.